The first-order valence-corrected chi connectivity index (χ1v) is 11.4. The summed E-state index contributed by atoms with van der Waals surface area (Å²) < 4.78 is 5.46. The summed E-state index contributed by atoms with van der Waals surface area (Å²) in [6.45, 7) is 2.91. The molecule has 30 heavy (non-hydrogen) atoms. The van der Waals surface area contributed by atoms with Crippen LogP contribution in [-0.4, -0.2) is 61.0 Å². The predicted octanol–water partition coefficient (Wildman–Crippen LogP) is 3.03. The van der Waals surface area contributed by atoms with Gasteiger partial charge in [-0.3, -0.25) is 9.59 Å². The molecule has 2 aliphatic rings. The van der Waals surface area contributed by atoms with E-state index in [1.165, 1.54) is 11.8 Å². The maximum absolute atomic E-state index is 12.7. The van der Waals surface area contributed by atoms with E-state index < -0.39 is 0 Å². The van der Waals surface area contributed by atoms with Crippen LogP contribution in [0.1, 0.15) is 12.0 Å². The van der Waals surface area contributed by atoms with Crippen molar-refractivity contribution in [1.82, 2.24) is 4.90 Å². The zero-order valence-electron chi connectivity index (χ0n) is 17.2. The van der Waals surface area contributed by atoms with Crippen LogP contribution in [0, 0.1) is 0 Å². The summed E-state index contributed by atoms with van der Waals surface area (Å²) in [4.78, 5) is 29.5. The second-order valence-corrected chi connectivity index (χ2v) is 8.72. The minimum atomic E-state index is -0.198. The maximum Gasteiger partial charge on any atom is 0.237 e. The molecule has 0 aromatic heterocycles. The average molecular weight is 426 g/mol. The Kier molecular flexibility index (Phi) is 6.47. The van der Waals surface area contributed by atoms with Gasteiger partial charge in [0.1, 0.15) is 5.75 Å². The van der Waals surface area contributed by atoms with Crippen LogP contribution in [0.5, 0.6) is 5.75 Å². The van der Waals surface area contributed by atoms with Gasteiger partial charge in [0.25, 0.3) is 0 Å². The van der Waals surface area contributed by atoms with E-state index in [2.05, 4.69) is 22.3 Å². The lowest BCUT2D eigenvalue weighted by molar-refractivity contribution is -0.128. The second kappa shape index (κ2) is 9.43. The predicted molar refractivity (Wildman–Crippen MR) is 121 cm³/mol. The van der Waals surface area contributed by atoms with Crippen molar-refractivity contribution in [2.45, 2.75) is 18.1 Å². The topological polar surface area (TPSA) is 61.9 Å². The number of benzene rings is 2. The smallest absolute Gasteiger partial charge is 0.237 e. The van der Waals surface area contributed by atoms with Crippen LogP contribution < -0.4 is 15.0 Å². The number of para-hydroxylation sites is 3. The molecule has 2 heterocycles. The minimum absolute atomic E-state index is 0.00116. The van der Waals surface area contributed by atoms with E-state index in [1.54, 1.807) is 7.11 Å². The number of hydrogen-bond acceptors (Lipinski definition) is 5. The molecule has 6 nitrogen and oxygen atoms in total. The largest absolute Gasteiger partial charge is 0.495 e. The number of fused-ring (bicyclic) bond motifs is 1. The van der Waals surface area contributed by atoms with Gasteiger partial charge in [-0.2, -0.15) is 0 Å². The van der Waals surface area contributed by atoms with E-state index in [0.29, 0.717) is 18.8 Å². The van der Waals surface area contributed by atoms with Gasteiger partial charge in [-0.1, -0.05) is 30.3 Å². The van der Waals surface area contributed by atoms with Crippen LogP contribution in [0.3, 0.4) is 0 Å². The van der Waals surface area contributed by atoms with Crippen LogP contribution in [0.25, 0.3) is 0 Å². The summed E-state index contributed by atoms with van der Waals surface area (Å²) in [6.07, 6.45) is 1.60. The number of carbonyl (C=O) groups excluding carboxylic acids is 2. The fourth-order valence-electron chi connectivity index (χ4n) is 4.00. The number of anilines is 2. The standard InChI is InChI=1S/C23H27N3O3S/c1-29-20-9-5-4-8-19(20)25-12-14-26(15-13-25)22(27)16-30-21-11-10-17-6-2-3-7-18(17)24-23(21)28/h2-9,21H,10-16H2,1H3,(H,24,28)/t21-/m0/s1. The Bertz CT molecular complexity index is 912. The van der Waals surface area contributed by atoms with Gasteiger partial charge in [-0.15, -0.1) is 11.8 Å². The molecular weight excluding hydrogens is 398 g/mol. The molecular formula is C23H27N3O3S. The number of thioether (sulfide) groups is 1. The number of nitrogens with one attached hydrogen (secondary N) is 1. The summed E-state index contributed by atoms with van der Waals surface area (Å²) in [7, 11) is 1.68. The van der Waals surface area contributed by atoms with Crippen LogP contribution in [-0.2, 0) is 16.0 Å². The quantitative estimate of drug-likeness (QED) is 0.798. The number of carbonyl (C=O) groups is 2. The van der Waals surface area contributed by atoms with E-state index in [0.717, 1.165) is 48.6 Å². The monoisotopic (exact) mass is 425 g/mol. The number of aryl methyl sites for hydroxylation is 1. The molecule has 1 saturated heterocycles. The van der Waals surface area contributed by atoms with Crippen LogP contribution in [0.15, 0.2) is 48.5 Å². The molecule has 0 saturated carbocycles. The normalized spacial score (nSPS) is 19.0. The third-order valence-electron chi connectivity index (χ3n) is 5.71. The highest BCUT2D eigenvalue weighted by Gasteiger charge is 2.27. The average Bonchev–Trinajstić information content (AvgIpc) is 2.95. The van der Waals surface area contributed by atoms with E-state index >= 15 is 0 Å². The van der Waals surface area contributed by atoms with Crippen molar-refractivity contribution in [3.8, 4) is 5.75 Å². The van der Waals surface area contributed by atoms with Crippen molar-refractivity contribution in [3.05, 3.63) is 54.1 Å². The minimum Gasteiger partial charge on any atom is -0.495 e. The third kappa shape index (κ3) is 4.56. The number of rotatable bonds is 5. The summed E-state index contributed by atoms with van der Waals surface area (Å²) in [5.74, 6) is 1.30. The lowest BCUT2D eigenvalue weighted by atomic mass is 10.1. The molecule has 2 aliphatic heterocycles. The van der Waals surface area contributed by atoms with Gasteiger partial charge in [-0.05, 0) is 36.6 Å². The molecule has 4 rings (SSSR count). The van der Waals surface area contributed by atoms with Gasteiger partial charge in [0.05, 0.1) is 23.8 Å². The van der Waals surface area contributed by atoms with Crippen LogP contribution in [0.2, 0.25) is 0 Å². The fourth-order valence-corrected chi connectivity index (χ4v) is 5.02. The number of hydrogen-bond donors (Lipinski definition) is 1. The molecule has 7 heteroatoms. The zero-order valence-corrected chi connectivity index (χ0v) is 18.0. The molecule has 0 bridgehead atoms. The summed E-state index contributed by atoms with van der Waals surface area (Å²) >= 11 is 1.46. The number of methoxy groups -OCH3 is 1. The van der Waals surface area contributed by atoms with Crippen molar-refractivity contribution in [2.75, 3.05) is 49.3 Å². The Balaban J connectivity index is 1.28. The maximum atomic E-state index is 12.7. The van der Waals surface area contributed by atoms with Crippen molar-refractivity contribution < 1.29 is 14.3 Å². The lowest BCUT2D eigenvalue weighted by Crippen LogP contribution is -2.49. The molecule has 2 aromatic rings. The van der Waals surface area contributed by atoms with E-state index in [4.69, 9.17) is 4.74 Å². The van der Waals surface area contributed by atoms with Gasteiger partial charge >= 0.3 is 0 Å². The Morgan fingerprint density at radius 2 is 1.83 bits per heavy atom. The molecule has 1 N–H and O–H groups in total. The van der Waals surface area contributed by atoms with E-state index in [1.807, 2.05) is 41.3 Å². The lowest BCUT2D eigenvalue weighted by Gasteiger charge is -2.36. The Labute approximate surface area is 181 Å². The molecule has 0 aliphatic carbocycles. The van der Waals surface area contributed by atoms with Crippen molar-refractivity contribution >= 4 is 35.0 Å². The Hall–Kier alpha value is -2.67. The SMILES string of the molecule is COc1ccccc1N1CCN(C(=O)CS[C@H]2CCc3ccccc3NC2=O)CC1. The highest BCUT2D eigenvalue weighted by Crippen LogP contribution is 2.29. The van der Waals surface area contributed by atoms with E-state index in [-0.39, 0.29) is 17.1 Å². The van der Waals surface area contributed by atoms with Gasteiger partial charge < -0.3 is 19.9 Å². The van der Waals surface area contributed by atoms with Gasteiger partial charge in [0.15, 0.2) is 0 Å². The van der Waals surface area contributed by atoms with Crippen molar-refractivity contribution in [3.63, 3.8) is 0 Å². The molecule has 2 aromatic carbocycles. The first-order chi connectivity index (χ1) is 14.7. The van der Waals surface area contributed by atoms with Gasteiger partial charge in [0.2, 0.25) is 11.8 Å². The number of amides is 2. The molecule has 0 spiro atoms. The molecule has 0 radical (unpaired) electrons. The van der Waals surface area contributed by atoms with E-state index in [9.17, 15) is 9.59 Å². The Morgan fingerprint density at radius 1 is 1.10 bits per heavy atom. The van der Waals surface area contributed by atoms with Crippen LogP contribution in [0.4, 0.5) is 11.4 Å². The second-order valence-electron chi connectivity index (χ2n) is 7.52. The zero-order chi connectivity index (χ0) is 20.9. The third-order valence-corrected chi connectivity index (χ3v) is 6.98. The Morgan fingerprint density at radius 3 is 2.63 bits per heavy atom. The molecule has 1 atom stereocenters. The summed E-state index contributed by atoms with van der Waals surface area (Å²) in [6, 6.07) is 15.9. The summed E-state index contributed by atoms with van der Waals surface area (Å²) in [5, 5.41) is 2.81. The van der Waals surface area contributed by atoms with Gasteiger partial charge in [0, 0.05) is 31.9 Å². The fraction of sp³-hybridized carbons (Fsp3) is 0.391. The molecule has 2 amide bonds. The number of nitrogens with zero attached hydrogens (tertiary/aromatic N) is 2. The van der Waals surface area contributed by atoms with Crippen LogP contribution >= 0.6 is 11.8 Å². The summed E-state index contributed by atoms with van der Waals surface area (Å²) in [5.41, 5.74) is 3.12. The highest BCUT2D eigenvalue weighted by atomic mass is 32.2. The molecule has 1 fully saturated rings. The number of ether oxygens (including phenoxy) is 1. The van der Waals surface area contributed by atoms with Crippen molar-refractivity contribution in [1.29, 1.82) is 0 Å². The highest BCUT2D eigenvalue weighted by molar-refractivity contribution is 8.01. The number of piperazine rings is 1. The first kappa shape index (κ1) is 20.6. The molecule has 0 unspecified atom stereocenters. The van der Waals surface area contributed by atoms with Crippen molar-refractivity contribution in [2.24, 2.45) is 0 Å². The van der Waals surface area contributed by atoms with Gasteiger partial charge in [-0.25, -0.2) is 0 Å². The molecule has 158 valence electrons. The first-order valence-electron chi connectivity index (χ1n) is 10.3.